The van der Waals surface area contributed by atoms with Crippen molar-refractivity contribution in [2.75, 3.05) is 7.11 Å². The first-order valence-corrected chi connectivity index (χ1v) is 8.78. The van der Waals surface area contributed by atoms with Crippen molar-refractivity contribution in [1.29, 1.82) is 0 Å². The molecule has 142 valence electrons. The number of rotatable bonds is 4. The third-order valence-corrected chi connectivity index (χ3v) is 4.48. The number of hydrogen-bond donors (Lipinski definition) is 3. The summed E-state index contributed by atoms with van der Waals surface area (Å²) in [5.74, 6) is 0.734. The summed E-state index contributed by atoms with van der Waals surface area (Å²) >= 11 is 0. The molecule has 0 saturated heterocycles. The molecule has 1 aromatic carbocycles. The molecule has 1 aliphatic rings. The lowest BCUT2D eigenvalue weighted by atomic mass is 10.1. The molecule has 28 heavy (non-hydrogen) atoms. The van der Waals surface area contributed by atoms with Gasteiger partial charge in [-0.3, -0.25) is 15.6 Å². The number of nitrogens with one attached hydrogen (secondary N) is 3. The van der Waals surface area contributed by atoms with Crippen LogP contribution in [0, 0.1) is 13.8 Å². The maximum absolute atomic E-state index is 12.9. The number of carbonyl (C=O) groups is 1. The molecule has 4 rings (SSSR count). The van der Waals surface area contributed by atoms with Crippen LogP contribution in [0.3, 0.4) is 0 Å². The van der Waals surface area contributed by atoms with Crippen molar-refractivity contribution in [3.63, 3.8) is 0 Å². The van der Waals surface area contributed by atoms with Crippen LogP contribution >= 0.6 is 0 Å². The Kier molecular flexibility index (Phi) is 4.44. The topological polar surface area (TPSA) is 92.6 Å². The number of allylic oxidation sites excluding steroid dienone is 2. The lowest BCUT2D eigenvalue weighted by Crippen LogP contribution is -2.41. The molecule has 0 spiro atoms. The maximum Gasteiger partial charge on any atom is 0.277 e. The SMILES string of the molecule is COC1=CC=C(NC(=O)c2c(C)nc3ccc(-c4ccccc4C)nn23)NN1. The van der Waals surface area contributed by atoms with E-state index in [2.05, 4.69) is 26.3 Å². The van der Waals surface area contributed by atoms with Crippen LogP contribution in [0.15, 0.2) is 60.3 Å². The molecule has 1 amide bonds. The zero-order valence-corrected chi connectivity index (χ0v) is 15.8. The van der Waals surface area contributed by atoms with Crippen molar-refractivity contribution >= 4 is 11.6 Å². The Bertz CT molecular complexity index is 1130. The number of hydrogen-bond acceptors (Lipinski definition) is 6. The molecule has 0 atom stereocenters. The third-order valence-electron chi connectivity index (χ3n) is 4.48. The molecule has 0 bridgehead atoms. The van der Waals surface area contributed by atoms with Gasteiger partial charge in [-0.05, 0) is 37.6 Å². The number of fused-ring (bicyclic) bond motifs is 1. The summed E-state index contributed by atoms with van der Waals surface area (Å²) in [6, 6.07) is 11.8. The molecule has 8 nitrogen and oxygen atoms in total. The van der Waals surface area contributed by atoms with Gasteiger partial charge < -0.3 is 10.1 Å². The van der Waals surface area contributed by atoms with Gasteiger partial charge in [0, 0.05) is 11.6 Å². The molecule has 0 radical (unpaired) electrons. The van der Waals surface area contributed by atoms with Gasteiger partial charge in [0.2, 0.25) is 5.88 Å². The number of hydrazine groups is 1. The van der Waals surface area contributed by atoms with Gasteiger partial charge in [-0.2, -0.15) is 5.10 Å². The molecule has 0 saturated carbocycles. The normalized spacial score (nSPS) is 13.2. The van der Waals surface area contributed by atoms with E-state index < -0.39 is 0 Å². The van der Waals surface area contributed by atoms with Crippen LogP contribution in [0.1, 0.15) is 21.7 Å². The molecule has 2 aromatic heterocycles. The molecule has 3 aromatic rings. The predicted molar refractivity (Wildman–Crippen MR) is 105 cm³/mol. The second-order valence-electron chi connectivity index (χ2n) is 6.37. The highest BCUT2D eigenvalue weighted by Crippen LogP contribution is 2.22. The van der Waals surface area contributed by atoms with Crippen molar-refractivity contribution in [3.05, 3.63) is 77.2 Å². The lowest BCUT2D eigenvalue weighted by Gasteiger charge is -2.18. The number of benzene rings is 1. The van der Waals surface area contributed by atoms with E-state index >= 15 is 0 Å². The van der Waals surface area contributed by atoms with Gasteiger partial charge in [0.05, 0.1) is 18.5 Å². The van der Waals surface area contributed by atoms with Crippen LogP contribution in [-0.4, -0.2) is 27.6 Å². The average molecular weight is 376 g/mol. The van der Waals surface area contributed by atoms with Gasteiger partial charge in [0.25, 0.3) is 5.91 Å². The predicted octanol–water partition coefficient (Wildman–Crippen LogP) is 2.18. The first-order chi connectivity index (χ1) is 13.6. The van der Waals surface area contributed by atoms with Gasteiger partial charge in [0.15, 0.2) is 11.3 Å². The second kappa shape index (κ2) is 7.07. The minimum Gasteiger partial charge on any atom is -0.481 e. The number of methoxy groups -OCH3 is 1. The van der Waals surface area contributed by atoms with Gasteiger partial charge in [-0.15, -0.1) is 0 Å². The number of nitrogens with zero attached hydrogens (tertiary/aromatic N) is 3. The molecule has 8 heteroatoms. The highest BCUT2D eigenvalue weighted by atomic mass is 16.5. The highest BCUT2D eigenvalue weighted by molar-refractivity contribution is 5.95. The quantitative estimate of drug-likeness (QED) is 0.646. The molecular formula is C20H20N6O2. The fraction of sp³-hybridized carbons (Fsp3) is 0.150. The smallest absolute Gasteiger partial charge is 0.277 e. The van der Waals surface area contributed by atoms with Crippen molar-refractivity contribution < 1.29 is 9.53 Å². The summed E-state index contributed by atoms with van der Waals surface area (Å²) in [6.45, 7) is 3.82. The fourth-order valence-corrected chi connectivity index (χ4v) is 3.05. The van der Waals surface area contributed by atoms with Crippen molar-refractivity contribution in [2.45, 2.75) is 13.8 Å². The van der Waals surface area contributed by atoms with Crippen LogP contribution in [0.4, 0.5) is 0 Å². The largest absolute Gasteiger partial charge is 0.481 e. The first kappa shape index (κ1) is 17.6. The van der Waals surface area contributed by atoms with Crippen LogP contribution < -0.4 is 16.2 Å². The van der Waals surface area contributed by atoms with E-state index in [1.54, 1.807) is 30.7 Å². The van der Waals surface area contributed by atoms with E-state index in [4.69, 9.17) is 4.74 Å². The lowest BCUT2D eigenvalue weighted by molar-refractivity contribution is 0.0953. The highest BCUT2D eigenvalue weighted by Gasteiger charge is 2.20. The van der Waals surface area contributed by atoms with Crippen LogP contribution in [0.5, 0.6) is 0 Å². The molecule has 0 fully saturated rings. The number of ether oxygens (including phenoxy) is 1. The standard InChI is InChI=1S/C20H20N6O2/c1-12-6-4-5-7-14(12)15-8-10-17-21-13(2)19(26(17)25-15)20(27)22-16-9-11-18(28-3)24-23-16/h4-11,23-24H,1-3H3,(H,22,27). The van der Waals surface area contributed by atoms with Crippen molar-refractivity contribution in [1.82, 2.24) is 30.8 Å². The van der Waals surface area contributed by atoms with Gasteiger partial charge in [0.1, 0.15) is 5.82 Å². The Balaban J connectivity index is 1.71. The summed E-state index contributed by atoms with van der Waals surface area (Å²) < 4.78 is 6.65. The Morgan fingerprint density at radius 1 is 1.11 bits per heavy atom. The number of amides is 1. The van der Waals surface area contributed by atoms with E-state index in [9.17, 15) is 4.79 Å². The van der Waals surface area contributed by atoms with Gasteiger partial charge in [-0.1, -0.05) is 24.3 Å². The number of carbonyl (C=O) groups excluding carboxylic acids is 1. The third kappa shape index (κ3) is 3.16. The zero-order chi connectivity index (χ0) is 19.7. The van der Waals surface area contributed by atoms with Gasteiger partial charge >= 0.3 is 0 Å². The van der Waals surface area contributed by atoms with Crippen molar-refractivity contribution in [2.24, 2.45) is 0 Å². The van der Waals surface area contributed by atoms with E-state index in [0.717, 1.165) is 16.8 Å². The Labute approximate surface area is 161 Å². The monoisotopic (exact) mass is 376 g/mol. The van der Waals surface area contributed by atoms with Crippen LogP contribution in [0.25, 0.3) is 16.9 Å². The van der Waals surface area contributed by atoms with E-state index in [0.29, 0.717) is 28.7 Å². The van der Waals surface area contributed by atoms with E-state index in [-0.39, 0.29) is 5.91 Å². The average Bonchev–Trinajstić information content (AvgIpc) is 3.04. The molecule has 1 aliphatic heterocycles. The molecule has 0 unspecified atom stereocenters. The van der Waals surface area contributed by atoms with E-state index in [1.807, 2.05) is 43.3 Å². The number of imidazole rings is 1. The minimum atomic E-state index is -0.311. The minimum absolute atomic E-state index is 0.311. The number of aryl methyl sites for hydroxylation is 2. The Morgan fingerprint density at radius 3 is 2.64 bits per heavy atom. The number of aromatic nitrogens is 3. The Morgan fingerprint density at radius 2 is 1.93 bits per heavy atom. The molecular weight excluding hydrogens is 356 g/mol. The second-order valence-corrected chi connectivity index (χ2v) is 6.37. The molecule has 3 heterocycles. The summed E-state index contributed by atoms with van der Waals surface area (Å²) in [5, 5.41) is 7.49. The van der Waals surface area contributed by atoms with E-state index in [1.165, 1.54) is 0 Å². The first-order valence-electron chi connectivity index (χ1n) is 8.78. The summed E-state index contributed by atoms with van der Waals surface area (Å²) in [5.41, 5.74) is 10.2. The molecule has 0 aliphatic carbocycles. The Hall–Kier alpha value is -3.81. The van der Waals surface area contributed by atoms with Crippen LogP contribution in [-0.2, 0) is 4.74 Å². The van der Waals surface area contributed by atoms with Crippen molar-refractivity contribution in [3.8, 4) is 11.3 Å². The van der Waals surface area contributed by atoms with Gasteiger partial charge in [-0.25, -0.2) is 9.50 Å². The van der Waals surface area contributed by atoms with Crippen LogP contribution in [0.2, 0.25) is 0 Å². The maximum atomic E-state index is 12.9. The fourth-order valence-electron chi connectivity index (χ4n) is 3.05. The summed E-state index contributed by atoms with van der Waals surface area (Å²) in [4.78, 5) is 17.4. The summed E-state index contributed by atoms with van der Waals surface area (Å²) in [7, 11) is 1.55. The summed E-state index contributed by atoms with van der Waals surface area (Å²) in [6.07, 6.45) is 3.42. The zero-order valence-electron chi connectivity index (χ0n) is 15.8. The molecule has 3 N–H and O–H groups in total.